The van der Waals surface area contributed by atoms with Crippen LogP contribution in [0.1, 0.15) is 32.2 Å². The predicted molar refractivity (Wildman–Crippen MR) is 88.0 cm³/mol. The van der Waals surface area contributed by atoms with Gasteiger partial charge in [-0.25, -0.2) is 4.68 Å². The second kappa shape index (κ2) is 6.20. The Morgan fingerprint density at radius 2 is 2.00 bits per heavy atom. The first-order valence-electron chi connectivity index (χ1n) is 7.99. The molecule has 0 unspecified atom stereocenters. The molecule has 0 radical (unpaired) electrons. The number of hydrogen-bond acceptors (Lipinski definition) is 5. The van der Waals surface area contributed by atoms with Gasteiger partial charge in [0.2, 0.25) is 0 Å². The molecule has 1 aliphatic rings. The van der Waals surface area contributed by atoms with E-state index in [4.69, 9.17) is 0 Å². The van der Waals surface area contributed by atoms with Crippen molar-refractivity contribution < 1.29 is 0 Å². The molecule has 0 atom stereocenters. The van der Waals surface area contributed by atoms with Gasteiger partial charge in [0.1, 0.15) is 0 Å². The number of hydrogen-bond donors (Lipinski definition) is 0. The van der Waals surface area contributed by atoms with Crippen molar-refractivity contribution in [3.8, 4) is 0 Å². The van der Waals surface area contributed by atoms with Crippen LogP contribution in [0.3, 0.4) is 0 Å². The molecule has 23 heavy (non-hydrogen) atoms. The van der Waals surface area contributed by atoms with Crippen molar-refractivity contribution in [2.75, 3.05) is 13.1 Å². The van der Waals surface area contributed by atoms with Gasteiger partial charge in [-0.2, -0.15) is 15.3 Å². The molecule has 1 saturated heterocycles. The van der Waals surface area contributed by atoms with E-state index >= 15 is 0 Å². The average molecular weight is 313 g/mol. The zero-order valence-corrected chi connectivity index (χ0v) is 13.9. The molecule has 3 rings (SSSR count). The van der Waals surface area contributed by atoms with Crippen LogP contribution in [0.25, 0.3) is 0 Å². The molecule has 6 nitrogen and oxygen atoms in total. The summed E-state index contributed by atoms with van der Waals surface area (Å²) >= 11 is 0. The number of likely N-dealkylation sites (tertiary alicyclic amines) is 1. The summed E-state index contributed by atoms with van der Waals surface area (Å²) in [5.41, 5.74) is 1.86. The number of rotatable bonds is 4. The summed E-state index contributed by atoms with van der Waals surface area (Å²) in [5, 5.41) is 12.5. The van der Waals surface area contributed by atoms with Gasteiger partial charge in [0.05, 0.1) is 17.9 Å². The molecule has 1 aliphatic heterocycles. The van der Waals surface area contributed by atoms with Crippen LogP contribution in [0.4, 0.5) is 0 Å². The molecule has 0 aliphatic carbocycles. The third-order valence-corrected chi connectivity index (χ3v) is 4.11. The van der Waals surface area contributed by atoms with Crippen molar-refractivity contribution in [2.45, 2.75) is 39.3 Å². The lowest BCUT2D eigenvalue weighted by Crippen LogP contribution is -2.49. The zero-order chi connectivity index (χ0) is 16.4. The van der Waals surface area contributed by atoms with Crippen molar-refractivity contribution in [3.05, 3.63) is 52.2 Å². The minimum atomic E-state index is -0.0485. The highest BCUT2D eigenvalue weighted by molar-refractivity contribution is 5.10. The quantitative estimate of drug-likeness (QED) is 0.855. The van der Waals surface area contributed by atoms with Crippen LogP contribution in [-0.2, 0) is 18.5 Å². The lowest BCUT2D eigenvalue weighted by molar-refractivity contribution is 0.0748. The molecule has 1 fully saturated rings. The SMILES string of the molecule is CC(C)(C)c1ccc(=O)n(CC2CN(Cc3cccnn3)C2)n1. The van der Waals surface area contributed by atoms with Crippen molar-refractivity contribution in [1.29, 1.82) is 0 Å². The van der Waals surface area contributed by atoms with Crippen LogP contribution in [0.15, 0.2) is 35.3 Å². The molecule has 0 spiro atoms. The van der Waals surface area contributed by atoms with Gasteiger partial charge < -0.3 is 0 Å². The summed E-state index contributed by atoms with van der Waals surface area (Å²) in [6, 6.07) is 7.35. The lowest BCUT2D eigenvalue weighted by atomic mass is 9.92. The first-order chi connectivity index (χ1) is 10.9. The zero-order valence-electron chi connectivity index (χ0n) is 13.9. The minimum Gasteiger partial charge on any atom is -0.297 e. The fourth-order valence-electron chi connectivity index (χ4n) is 2.79. The Morgan fingerprint density at radius 1 is 1.22 bits per heavy atom. The van der Waals surface area contributed by atoms with Crippen molar-refractivity contribution >= 4 is 0 Å². The van der Waals surface area contributed by atoms with Gasteiger partial charge in [0.15, 0.2) is 0 Å². The summed E-state index contributed by atoms with van der Waals surface area (Å²) in [5.74, 6) is 0.465. The molecule has 2 aromatic rings. The van der Waals surface area contributed by atoms with Crippen molar-refractivity contribution in [2.24, 2.45) is 5.92 Å². The maximum absolute atomic E-state index is 12.0. The van der Waals surface area contributed by atoms with Crippen molar-refractivity contribution in [3.63, 3.8) is 0 Å². The summed E-state index contributed by atoms with van der Waals surface area (Å²) in [6.45, 7) is 9.74. The highest BCUT2D eigenvalue weighted by Crippen LogP contribution is 2.20. The van der Waals surface area contributed by atoms with Crippen LogP contribution in [0, 0.1) is 5.92 Å². The Bertz CT molecular complexity index is 714. The van der Waals surface area contributed by atoms with Crippen LogP contribution < -0.4 is 5.56 Å². The third kappa shape index (κ3) is 3.82. The Balaban J connectivity index is 1.59. The van der Waals surface area contributed by atoms with E-state index < -0.39 is 0 Å². The van der Waals surface area contributed by atoms with E-state index in [9.17, 15) is 4.79 Å². The summed E-state index contributed by atoms with van der Waals surface area (Å²) in [6.07, 6.45) is 1.68. The lowest BCUT2D eigenvalue weighted by Gasteiger charge is -2.39. The first kappa shape index (κ1) is 15.8. The van der Waals surface area contributed by atoms with E-state index in [2.05, 4.69) is 41.0 Å². The van der Waals surface area contributed by atoms with Gasteiger partial charge in [-0.1, -0.05) is 20.8 Å². The van der Waals surface area contributed by atoms with Crippen molar-refractivity contribution in [1.82, 2.24) is 24.9 Å². The van der Waals surface area contributed by atoms with Gasteiger partial charge in [0.25, 0.3) is 5.56 Å². The van der Waals surface area contributed by atoms with E-state index in [1.807, 2.05) is 18.2 Å². The molecule has 0 aromatic carbocycles. The minimum absolute atomic E-state index is 0.0228. The third-order valence-electron chi connectivity index (χ3n) is 4.11. The van der Waals surface area contributed by atoms with Crippen LogP contribution in [0.5, 0.6) is 0 Å². The van der Waals surface area contributed by atoms with Crippen LogP contribution in [0.2, 0.25) is 0 Å². The topological polar surface area (TPSA) is 63.9 Å². The monoisotopic (exact) mass is 313 g/mol. The number of nitrogens with zero attached hydrogens (tertiary/aromatic N) is 5. The van der Waals surface area contributed by atoms with Crippen LogP contribution >= 0.6 is 0 Å². The first-order valence-corrected chi connectivity index (χ1v) is 7.99. The predicted octanol–water partition coefficient (Wildman–Crippen LogP) is 1.46. The summed E-state index contributed by atoms with van der Waals surface area (Å²) in [7, 11) is 0. The smallest absolute Gasteiger partial charge is 0.266 e. The molecule has 3 heterocycles. The van der Waals surface area contributed by atoms with Gasteiger partial charge in [0, 0.05) is 43.2 Å². The van der Waals surface area contributed by atoms with Gasteiger partial charge in [-0.05, 0) is 18.2 Å². The fraction of sp³-hybridized carbons (Fsp3) is 0.529. The standard InChI is InChI=1S/C17H23N5O/c1-17(2,3)15-6-7-16(23)22(20-15)11-13-9-21(10-13)12-14-5-4-8-18-19-14/h4-8,13H,9-12H2,1-3H3. The Morgan fingerprint density at radius 3 is 2.65 bits per heavy atom. The highest BCUT2D eigenvalue weighted by atomic mass is 16.1. The summed E-state index contributed by atoms with van der Waals surface area (Å²) < 4.78 is 1.62. The highest BCUT2D eigenvalue weighted by Gasteiger charge is 2.28. The average Bonchev–Trinajstić information content (AvgIpc) is 2.47. The fourth-order valence-corrected chi connectivity index (χ4v) is 2.79. The largest absolute Gasteiger partial charge is 0.297 e. The van der Waals surface area contributed by atoms with Gasteiger partial charge in [-0.3, -0.25) is 9.69 Å². The number of aromatic nitrogens is 4. The second-order valence-corrected chi connectivity index (χ2v) is 7.26. The van der Waals surface area contributed by atoms with E-state index in [0.29, 0.717) is 12.5 Å². The Labute approximate surface area is 136 Å². The van der Waals surface area contributed by atoms with E-state index in [0.717, 1.165) is 31.0 Å². The Hall–Kier alpha value is -2.08. The maximum Gasteiger partial charge on any atom is 0.266 e. The molecule has 0 bridgehead atoms. The van der Waals surface area contributed by atoms with Gasteiger partial charge >= 0.3 is 0 Å². The van der Waals surface area contributed by atoms with Gasteiger partial charge in [-0.15, -0.1) is 0 Å². The molecular formula is C17H23N5O. The van der Waals surface area contributed by atoms with E-state index in [1.54, 1.807) is 16.9 Å². The second-order valence-electron chi connectivity index (χ2n) is 7.26. The molecule has 0 saturated carbocycles. The molecule has 2 aromatic heterocycles. The van der Waals surface area contributed by atoms with E-state index in [1.165, 1.54) is 0 Å². The van der Waals surface area contributed by atoms with E-state index in [-0.39, 0.29) is 11.0 Å². The molecular weight excluding hydrogens is 290 g/mol. The summed E-state index contributed by atoms with van der Waals surface area (Å²) in [4.78, 5) is 14.3. The Kier molecular flexibility index (Phi) is 4.26. The molecule has 122 valence electrons. The molecule has 0 amide bonds. The normalized spacial score (nSPS) is 16.3. The molecule has 0 N–H and O–H groups in total. The maximum atomic E-state index is 12.0. The molecule has 6 heteroatoms. The van der Waals surface area contributed by atoms with Crippen LogP contribution in [-0.4, -0.2) is 38.0 Å².